The smallest absolute Gasteiger partial charge is 0.260 e. The Kier molecular flexibility index (Phi) is 6.12. The molecule has 1 aliphatic rings. The van der Waals surface area contributed by atoms with Crippen LogP contribution >= 0.6 is 0 Å². The highest BCUT2D eigenvalue weighted by molar-refractivity contribution is 5.77. The van der Waals surface area contributed by atoms with E-state index < -0.39 is 0 Å². The van der Waals surface area contributed by atoms with E-state index in [1.807, 2.05) is 31.2 Å². The number of para-hydroxylation sites is 1. The fourth-order valence-corrected chi connectivity index (χ4v) is 2.96. The number of carbonyl (C=O) groups excluding carboxylic acids is 1. The van der Waals surface area contributed by atoms with Gasteiger partial charge in [0, 0.05) is 32.4 Å². The van der Waals surface area contributed by atoms with Crippen molar-refractivity contribution in [2.75, 3.05) is 44.9 Å². The number of benzene rings is 2. The molecule has 0 aromatic heterocycles. The van der Waals surface area contributed by atoms with Gasteiger partial charge in [-0.1, -0.05) is 30.3 Å². The Morgan fingerprint density at radius 1 is 1.12 bits per heavy atom. The zero-order chi connectivity index (χ0) is 18.4. The topological polar surface area (TPSA) is 42.0 Å². The van der Waals surface area contributed by atoms with Crippen LogP contribution in [0.2, 0.25) is 0 Å². The van der Waals surface area contributed by atoms with Crippen LogP contribution in [0.25, 0.3) is 0 Å². The molecule has 138 valence electrons. The molecule has 5 nitrogen and oxygen atoms in total. The predicted molar refractivity (Wildman–Crippen MR) is 103 cm³/mol. The number of rotatable bonds is 6. The monoisotopic (exact) mass is 354 g/mol. The summed E-state index contributed by atoms with van der Waals surface area (Å²) in [5, 5.41) is 0. The summed E-state index contributed by atoms with van der Waals surface area (Å²) in [6.45, 7) is 5.99. The number of ether oxygens (including phenoxy) is 2. The molecule has 0 spiro atoms. The normalized spacial score (nSPS) is 14.2. The average molecular weight is 354 g/mol. The summed E-state index contributed by atoms with van der Waals surface area (Å²) >= 11 is 0. The van der Waals surface area contributed by atoms with Gasteiger partial charge in [-0.2, -0.15) is 0 Å². The van der Waals surface area contributed by atoms with Crippen LogP contribution in [0.15, 0.2) is 48.5 Å². The molecule has 0 bridgehead atoms. The predicted octanol–water partition coefficient (Wildman–Crippen LogP) is 2.87. The molecule has 1 saturated heterocycles. The second-order valence-corrected chi connectivity index (χ2v) is 6.57. The minimum Gasteiger partial charge on any atom is -0.484 e. The maximum Gasteiger partial charge on any atom is 0.260 e. The summed E-state index contributed by atoms with van der Waals surface area (Å²) in [4.78, 5) is 16.3. The Labute approximate surface area is 155 Å². The van der Waals surface area contributed by atoms with Crippen molar-refractivity contribution in [3.05, 3.63) is 59.7 Å². The fourth-order valence-electron chi connectivity index (χ4n) is 2.96. The summed E-state index contributed by atoms with van der Waals surface area (Å²) in [7, 11) is 1.80. The molecule has 1 aliphatic heterocycles. The lowest BCUT2D eigenvalue weighted by Gasteiger charge is -2.29. The van der Waals surface area contributed by atoms with Crippen molar-refractivity contribution < 1.29 is 14.3 Å². The van der Waals surface area contributed by atoms with Gasteiger partial charge in [-0.25, -0.2) is 0 Å². The molecule has 5 heteroatoms. The lowest BCUT2D eigenvalue weighted by molar-refractivity contribution is -0.132. The SMILES string of the molecule is Cc1ccccc1OCC(=O)N(C)Cc1ccc(N2CCOCC2)cc1. The molecule has 0 saturated carbocycles. The lowest BCUT2D eigenvalue weighted by atomic mass is 10.1. The number of nitrogens with zero attached hydrogens (tertiary/aromatic N) is 2. The van der Waals surface area contributed by atoms with Crippen LogP contribution in [0.5, 0.6) is 5.75 Å². The van der Waals surface area contributed by atoms with Crippen molar-refractivity contribution in [3.8, 4) is 5.75 Å². The standard InChI is InChI=1S/C21H26N2O3/c1-17-5-3-4-6-20(17)26-16-21(24)22(2)15-18-7-9-19(10-8-18)23-11-13-25-14-12-23/h3-10H,11-16H2,1-2H3. The second kappa shape index (κ2) is 8.72. The average Bonchev–Trinajstić information content (AvgIpc) is 2.68. The van der Waals surface area contributed by atoms with Gasteiger partial charge in [0.05, 0.1) is 13.2 Å². The highest BCUT2D eigenvalue weighted by Gasteiger charge is 2.13. The number of likely N-dealkylation sites (N-methyl/N-ethyl adjacent to an activating group) is 1. The van der Waals surface area contributed by atoms with E-state index >= 15 is 0 Å². The molecule has 1 amide bonds. The molecule has 0 N–H and O–H groups in total. The first-order valence-electron chi connectivity index (χ1n) is 8.97. The Bertz CT molecular complexity index is 724. The molecule has 0 aliphatic carbocycles. The maximum atomic E-state index is 12.3. The van der Waals surface area contributed by atoms with Crippen molar-refractivity contribution in [2.24, 2.45) is 0 Å². The largest absolute Gasteiger partial charge is 0.484 e. The Hall–Kier alpha value is -2.53. The summed E-state index contributed by atoms with van der Waals surface area (Å²) in [6.07, 6.45) is 0. The Balaban J connectivity index is 1.51. The van der Waals surface area contributed by atoms with Gasteiger partial charge in [-0.15, -0.1) is 0 Å². The van der Waals surface area contributed by atoms with Crippen molar-refractivity contribution in [1.82, 2.24) is 4.90 Å². The first-order chi connectivity index (χ1) is 12.6. The van der Waals surface area contributed by atoms with E-state index in [2.05, 4.69) is 29.2 Å². The first-order valence-corrected chi connectivity index (χ1v) is 8.97. The van der Waals surface area contributed by atoms with E-state index in [4.69, 9.17) is 9.47 Å². The summed E-state index contributed by atoms with van der Waals surface area (Å²) in [6, 6.07) is 16.1. The number of amides is 1. The van der Waals surface area contributed by atoms with Crippen LogP contribution in [-0.2, 0) is 16.1 Å². The minimum absolute atomic E-state index is 0.0366. The van der Waals surface area contributed by atoms with Gasteiger partial charge in [-0.05, 0) is 36.2 Å². The van der Waals surface area contributed by atoms with E-state index in [0.717, 1.165) is 43.2 Å². The summed E-state index contributed by atoms with van der Waals surface area (Å²) in [5.41, 5.74) is 3.34. The number of aryl methyl sites for hydroxylation is 1. The quantitative estimate of drug-likeness (QED) is 0.800. The molecule has 1 heterocycles. The van der Waals surface area contributed by atoms with Crippen molar-refractivity contribution in [3.63, 3.8) is 0 Å². The van der Waals surface area contributed by atoms with Crippen LogP contribution in [0, 0.1) is 6.92 Å². The molecular weight excluding hydrogens is 328 g/mol. The highest BCUT2D eigenvalue weighted by Crippen LogP contribution is 2.18. The van der Waals surface area contributed by atoms with Gasteiger partial charge in [0.1, 0.15) is 5.75 Å². The van der Waals surface area contributed by atoms with E-state index in [0.29, 0.717) is 6.54 Å². The van der Waals surface area contributed by atoms with Gasteiger partial charge in [0.25, 0.3) is 5.91 Å². The van der Waals surface area contributed by atoms with Gasteiger partial charge in [-0.3, -0.25) is 4.79 Å². The second-order valence-electron chi connectivity index (χ2n) is 6.57. The third kappa shape index (κ3) is 4.76. The van der Waals surface area contributed by atoms with E-state index in [1.165, 1.54) is 5.69 Å². The first kappa shape index (κ1) is 18.3. The lowest BCUT2D eigenvalue weighted by Crippen LogP contribution is -2.36. The number of hydrogen-bond acceptors (Lipinski definition) is 4. The number of anilines is 1. The van der Waals surface area contributed by atoms with Gasteiger partial charge >= 0.3 is 0 Å². The van der Waals surface area contributed by atoms with Crippen LogP contribution in [-0.4, -0.2) is 50.8 Å². The molecule has 0 atom stereocenters. The molecule has 2 aromatic carbocycles. The maximum absolute atomic E-state index is 12.3. The van der Waals surface area contributed by atoms with Crippen molar-refractivity contribution in [1.29, 1.82) is 0 Å². The van der Waals surface area contributed by atoms with E-state index in [9.17, 15) is 4.79 Å². The fraction of sp³-hybridized carbons (Fsp3) is 0.381. The van der Waals surface area contributed by atoms with Crippen LogP contribution < -0.4 is 9.64 Å². The third-order valence-corrected chi connectivity index (χ3v) is 4.60. The molecule has 2 aromatic rings. The van der Waals surface area contributed by atoms with Gasteiger partial charge in [0.15, 0.2) is 6.61 Å². The Morgan fingerprint density at radius 2 is 1.81 bits per heavy atom. The summed E-state index contributed by atoms with van der Waals surface area (Å²) < 4.78 is 11.0. The van der Waals surface area contributed by atoms with E-state index in [1.54, 1.807) is 11.9 Å². The van der Waals surface area contributed by atoms with Crippen LogP contribution in [0.3, 0.4) is 0 Å². The molecule has 0 unspecified atom stereocenters. The van der Waals surface area contributed by atoms with Gasteiger partial charge < -0.3 is 19.3 Å². The zero-order valence-corrected chi connectivity index (χ0v) is 15.5. The minimum atomic E-state index is -0.0366. The van der Waals surface area contributed by atoms with Gasteiger partial charge in [0.2, 0.25) is 0 Å². The Morgan fingerprint density at radius 3 is 2.50 bits per heavy atom. The molecule has 1 fully saturated rings. The molecule has 3 rings (SSSR count). The highest BCUT2D eigenvalue weighted by atomic mass is 16.5. The zero-order valence-electron chi connectivity index (χ0n) is 15.5. The van der Waals surface area contributed by atoms with Crippen LogP contribution in [0.4, 0.5) is 5.69 Å². The third-order valence-electron chi connectivity index (χ3n) is 4.60. The van der Waals surface area contributed by atoms with Crippen molar-refractivity contribution >= 4 is 11.6 Å². The van der Waals surface area contributed by atoms with Crippen LogP contribution in [0.1, 0.15) is 11.1 Å². The van der Waals surface area contributed by atoms with E-state index in [-0.39, 0.29) is 12.5 Å². The number of hydrogen-bond donors (Lipinski definition) is 0. The summed E-state index contributed by atoms with van der Waals surface area (Å²) in [5.74, 6) is 0.717. The molecular formula is C21H26N2O3. The van der Waals surface area contributed by atoms with Crippen molar-refractivity contribution in [2.45, 2.75) is 13.5 Å². The number of morpholine rings is 1. The molecule has 0 radical (unpaired) electrons. The molecule has 26 heavy (non-hydrogen) atoms. The number of carbonyl (C=O) groups is 1.